The average molecular weight is 494 g/mol. The molecule has 3 aliphatic rings. The summed E-state index contributed by atoms with van der Waals surface area (Å²) >= 11 is 1.86. The number of nitrogens with zero attached hydrogens (tertiary/aromatic N) is 6. The molecule has 10 heteroatoms. The van der Waals surface area contributed by atoms with Crippen LogP contribution in [0.25, 0.3) is 10.2 Å². The normalized spacial score (nSPS) is 19.2. The lowest BCUT2D eigenvalue weighted by atomic mass is 9.97. The summed E-state index contributed by atoms with van der Waals surface area (Å²) in [4.78, 5) is 36.2. The number of anilines is 2. The number of aromatic nitrogens is 3. The van der Waals surface area contributed by atoms with E-state index < -0.39 is 5.91 Å². The van der Waals surface area contributed by atoms with Crippen LogP contribution in [0.1, 0.15) is 39.5 Å². The third-order valence-corrected chi connectivity index (χ3v) is 8.43. The predicted octanol–water partition coefficient (Wildman–Crippen LogP) is 2.22. The molecule has 0 spiro atoms. The van der Waals surface area contributed by atoms with Gasteiger partial charge in [-0.2, -0.15) is 0 Å². The summed E-state index contributed by atoms with van der Waals surface area (Å²) in [6.45, 7) is 7.26. The summed E-state index contributed by atoms with van der Waals surface area (Å²) in [6, 6.07) is 3.51. The van der Waals surface area contributed by atoms with Crippen LogP contribution in [-0.2, 0) is 24.1 Å². The van der Waals surface area contributed by atoms with E-state index in [0.29, 0.717) is 11.4 Å². The zero-order valence-electron chi connectivity index (χ0n) is 19.9. The maximum Gasteiger partial charge on any atom is 0.252 e. The number of carbonyl (C=O) groups is 1. The molecule has 184 valence electrons. The van der Waals surface area contributed by atoms with Gasteiger partial charge in [0.25, 0.3) is 5.91 Å². The molecule has 5 heterocycles. The van der Waals surface area contributed by atoms with Gasteiger partial charge in [0, 0.05) is 50.3 Å². The van der Waals surface area contributed by atoms with Crippen LogP contribution in [-0.4, -0.2) is 78.2 Å². The Bertz CT molecular complexity index is 1230. The molecule has 0 saturated carbocycles. The Morgan fingerprint density at radius 3 is 2.51 bits per heavy atom. The SMILES string of the molecule is NC(=O)c1cccnc1N1CCN(c2nc(CN3CCOCC3)nc3sc4c(c23)CCCC4)CC1. The van der Waals surface area contributed by atoms with Crippen LogP contribution >= 0.6 is 11.3 Å². The molecule has 0 unspecified atom stereocenters. The minimum atomic E-state index is -0.439. The van der Waals surface area contributed by atoms with Crippen LogP contribution in [0.3, 0.4) is 0 Å². The Kier molecular flexibility index (Phi) is 6.26. The minimum absolute atomic E-state index is 0.439. The van der Waals surface area contributed by atoms with Gasteiger partial charge in [-0.25, -0.2) is 15.0 Å². The molecule has 2 saturated heterocycles. The second-order valence-electron chi connectivity index (χ2n) is 9.46. The molecular weight excluding hydrogens is 462 g/mol. The van der Waals surface area contributed by atoms with Gasteiger partial charge < -0.3 is 20.3 Å². The van der Waals surface area contributed by atoms with E-state index in [1.807, 2.05) is 11.3 Å². The van der Waals surface area contributed by atoms with Crippen LogP contribution in [0.15, 0.2) is 18.3 Å². The number of primary amides is 1. The third-order valence-electron chi connectivity index (χ3n) is 7.24. The van der Waals surface area contributed by atoms with Gasteiger partial charge in [-0.15, -0.1) is 11.3 Å². The number of carbonyl (C=O) groups excluding carboxylic acids is 1. The summed E-state index contributed by atoms with van der Waals surface area (Å²) in [5, 5.41) is 1.26. The van der Waals surface area contributed by atoms with Crippen molar-refractivity contribution in [3.8, 4) is 0 Å². The quantitative estimate of drug-likeness (QED) is 0.578. The summed E-state index contributed by atoms with van der Waals surface area (Å²) < 4.78 is 5.52. The summed E-state index contributed by atoms with van der Waals surface area (Å²) in [6.07, 6.45) is 6.48. The fourth-order valence-electron chi connectivity index (χ4n) is 5.41. The zero-order valence-corrected chi connectivity index (χ0v) is 20.7. The number of pyridine rings is 1. The fourth-order valence-corrected chi connectivity index (χ4v) is 6.69. The second-order valence-corrected chi connectivity index (χ2v) is 10.5. The number of thiophene rings is 1. The first-order valence-corrected chi connectivity index (χ1v) is 13.3. The Hall–Kier alpha value is -2.82. The first kappa shape index (κ1) is 22.6. The Labute approximate surface area is 208 Å². The van der Waals surface area contributed by atoms with E-state index >= 15 is 0 Å². The van der Waals surface area contributed by atoms with Crippen LogP contribution < -0.4 is 15.5 Å². The number of ether oxygens (including phenoxy) is 1. The topological polar surface area (TPSA) is 101 Å². The first-order valence-electron chi connectivity index (χ1n) is 12.5. The van der Waals surface area contributed by atoms with Crippen molar-refractivity contribution in [1.82, 2.24) is 19.9 Å². The molecule has 0 aromatic carbocycles. The molecule has 3 aromatic rings. The van der Waals surface area contributed by atoms with Gasteiger partial charge in [-0.3, -0.25) is 9.69 Å². The number of hydrogen-bond acceptors (Lipinski definition) is 9. The molecule has 1 amide bonds. The van der Waals surface area contributed by atoms with Crippen molar-refractivity contribution in [2.24, 2.45) is 5.73 Å². The number of hydrogen-bond donors (Lipinski definition) is 1. The summed E-state index contributed by atoms with van der Waals surface area (Å²) in [7, 11) is 0. The monoisotopic (exact) mass is 493 g/mol. The zero-order chi connectivity index (χ0) is 23.8. The molecule has 2 fully saturated rings. The number of amides is 1. The standard InChI is InChI=1S/C25H31N7O2S/c26-22(33)18-5-3-7-27-23(18)31-8-10-32(11-9-31)24-21-17-4-1-2-6-19(17)35-25(21)29-20(28-24)16-30-12-14-34-15-13-30/h3,5,7H,1-2,4,6,8-16H2,(H2,26,33). The van der Waals surface area contributed by atoms with Crippen molar-refractivity contribution in [2.45, 2.75) is 32.2 Å². The molecule has 2 aliphatic heterocycles. The lowest BCUT2D eigenvalue weighted by Crippen LogP contribution is -2.48. The van der Waals surface area contributed by atoms with E-state index in [1.165, 1.54) is 28.7 Å². The largest absolute Gasteiger partial charge is 0.379 e. The van der Waals surface area contributed by atoms with Gasteiger partial charge in [0.15, 0.2) is 0 Å². The van der Waals surface area contributed by atoms with Crippen molar-refractivity contribution < 1.29 is 9.53 Å². The van der Waals surface area contributed by atoms with E-state index in [9.17, 15) is 4.79 Å². The summed E-state index contributed by atoms with van der Waals surface area (Å²) in [5.74, 6) is 2.21. The van der Waals surface area contributed by atoms with Crippen molar-refractivity contribution in [3.63, 3.8) is 0 Å². The highest BCUT2D eigenvalue weighted by atomic mass is 32.1. The molecule has 35 heavy (non-hydrogen) atoms. The van der Waals surface area contributed by atoms with Gasteiger partial charge in [0.05, 0.1) is 30.7 Å². The molecule has 0 radical (unpaired) electrons. The van der Waals surface area contributed by atoms with Crippen molar-refractivity contribution in [3.05, 3.63) is 40.2 Å². The number of aryl methyl sites for hydroxylation is 2. The van der Waals surface area contributed by atoms with Crippen LogP contribution in [0.2, 0.25) is 0 Å². The second kappa shape index (κ2) is 9.67. The van der Waals surface area contributed by atoms with Crippen LogP contribution in [0, 0.1) is 0 Å². The molecule has 2 N–H and O–H groups in total. The number of fused-ring (bicyclic) bond motifs is 3. The maximum absolute atomic E-state index is 11.9. The number of piperazine rings is 1. The van der Waals surface area contributed by atoms with Gasteiger partial charge in [-0.05, 0) is 43.4 Å². The van der Waals surface area contributed by atoms with Gasteiger partial charge >= 0.3 is 0 Å². The molecule has 6 rings (SSSR count). The number of nitrogens with two attached hydrogens (primary N) is 1. The van der Waals surface area contributed by atoms with Gasteiger partial charge in [0.2, 0.25) is 0 Å². The molecule has 0 bridgehead atoms. The highest BCUT2D eigenvalue weighted by molar-refractivity contribution is 7.19. The lowest BCUT2D eigenvalue weighted by Gasteiger charge is -2.37. The van der Waals surface area contributed by atoms with E-state index in [4.69, 9.17) is 20.4 Å². The molecule has 0 atom stereocenters. The van der Waals surface area contributed by atoms with Crippen LogP contribution in [0.4, 0.5) is 11.6 Å². The minimum Gasteiger partial charge on any atom is -0.379 e. The first-order chi connectivity index (χ1) is 17.2. The molecule has 3 aromatic heterocycles. The van der Waals surface area contributed by atoms with E-state index in [-0.39, 0.29) is 0 Å². The van der Waals surface area contributed by atoms with Crippen LogP contribution in [0.5, 0.6) is 0 Å². The molecule has 1 aliphatic carbocycles. The predicted molar refractivity (Wildman–Crippen MR) is 137 cm³/mol. The van der Waals surface area contributed by atoms with Crippen molar-refractivity contribution in [2.75, 3.05) is 62.3 Å². The van der Waals surface area contributed by atoms with E-state index in [1.54, 1.807) is 18.3 Å². The van der Waals surface area contributed by atoms with Gasteiger partial charge in [-0.1, -0.05) is 0 Å². The molecular formula is C25H31N7O2S. The average Bonchev–Trinajstić information content (AvgIpc) is 3.27. The van der Waals surface area contributed by atoms with Crippen molar-refractivity contribution in [1.29, 1.82) is 0 Å². The highest BCUT2D eigenvalue weighted by Crippen LogP contribution is 2.40. The highest BCUT2D eigenvalue weighted by Gasteiger charge is 2.28. The van der Waals surface area contributed by atoms with E-state index in [0.717, 1.165) is 88.3 Å². The third kappa shape index (κ3) is 4.46. The van der Waals surface area contributed by atoms with Crippen molar-refractivity contribution >= 4 is 39.1 Å². The number of morpholine rings is 1. The maximum atomic E-state index is 11.9. The Morgan fingerprint density at radius 1 is 1.00 bits per heavy atom. The van der Waals surface area contributed by atoms with Gasteiger partial charge in [0.1, 0.15) is 22.3 Å². The molecule has 9 nitrogen and oxygen atoms in total. The smallest absolute Gasteiger partial charge is 0.252 e. The fraction of sp³-hybridized carbons (Fsp3) is 0.520. The number of rotatable bonds is 5. The summed E-state index contributed by atoms with van der Waals surface area (Å²) in [5.41, 5.74) is 7.55. The van der Waals surface area contributed by atoms with E-state index in [2.05, 4.69) is 19.7 Å². The lowest BCUT2D eigenvalue weighted by molar-refractivity contribution is 0.0331. The Balaban J connectivity index is 1.31. The Morgan fingerprint density at radius 2 is 1.74 bits per heavy atom.